The topological polar surface area (TPSA) is 124 Å². The fourth-order valence-corrected chi connectivity index (χ4v) is 8.85. The van der Waals surface area contributed by atoms with E-state index in [-0.39, 0.29) is 60.6 Å². The van der Waals surface area contributed by atoms with Crippen LogP contribution in [-0.2, 0) is 25.5 Å². The minimum atomic E-state index is -0.783. The van der Waals surface area contributed by atoms with Gasteiger partial charge in [0.1, 0.15) is 12.1 Å². The van der Waals surface area contributed by atoms with Crippen LogP contribution in [0.3, 0.4) is 0 Å². The number of carbonyl (C=O) groups excluding carboxylic acids is 4. The predicted molar refractivity (Wildman–Crippen MR) is 168 cm³/mol. The van der Waals surface area contributed by atoms with Crippen molar-refractivity contribution in [3.05, 3.63) is 51.5 Å². The van der Waals surface area contributed by atoms with Gasteiger partial charge in [0.05, 0.1) is 17.1 Å². The lowest BCUT2D eigenvalue weighted by molar-refractivity contribution is -0.146. The van der Waals surface area contributed by atoms with Gasteiger partial charge in [-0.15, -0.1) is 11.3 Å². The number of ether oxygens (including phenoxy) is 1. The Balaban J connectivity index is 1.21. The van der Waals surface area contributed by atoms with Gasteiger partial charge >= 0.3 is 0 Å². The van der Waals surface area contributed by atoms with Gasteiger partial charge in [0.15, 0.2) is 0 Å². The SMILES string of the molecule is Cc1sc2nc1CC(=O)N[C@@H]1C[C@@H](C(=O)N3C[C@@H](NC4CCOCC4)C[C@H]3C(=O)N3CCC2CC3)N(C(=O)c2ccccc2)C1. The molecule has 4 atom stereocenters. The van der Waals surface area contributed by atoms with Gasteiger partial charge in [-0.25, -0.2) is 4.98 Å². The zero-order valence-electron chi connectivity index (χ0n) is 25.8. The Kier molecular flexibility index (Phi) is 8.62. The van der Waals surface area contributed by atoms with Crippen LogP contribution in [0.5, 0.6) is 0 Å². The number of fused-ring (bicyclic) bond motifs is 4. The second-order valence-electron chi connectivity index (χ2n) is 13.2. The summed E-state index contributed by atoms with van der Waals surface area (Å²) >= 11 is 1.65. The van der Waals surface area contributed by atoms with Crippen molar-refractivity contribution in [3.8, 4) is 0 Å². The van der Waals surface area contributed by atoms with Crippen LogP contribution in [0.2, 0.25) is 0 Å². The average molecular weight is 635 g/mol. The first-order valence-corrected chi connectivity index (χ1v) is 17.2. The van der Waals surface area contributed by atoms with E-state index in [2.05, 4.69) is 10.6 Å². The molecule has 45 heavy (non-hydrogen) atoms. The summed E-state index contributed by atoms with van der Waals surface area (Å²) in [5.41, 5.74) is 1.27. The number of aromatic nitrogens is 1. The molecule has 0 saturated carbocycles. The van der Waals surface area contributed by atoms with E-state index >= 15 is 0 Å². The minimum Gasteiger partial charge on any atom is -0.381 e. The van der Waals surface area contributed by atoms with Crippen LogP contribution in [0.25, 0.3) is 0 Å². The third-order valence-electron chi connectivity index (χ3n) is 10.2. The molecule has 240 valence electrons. The predicted octanol–water partition coefficient (Wildman–Crippen LogP) is 1.85. The van der Waals surface area contributed by atoms with Crippen LogP contribution in [0.15, 0.2) is 30.3 Å². The second kappa shape index (κ2) is 12.8. The van der Waals surface area contributed by atoms with E-state index in [1.165, 1.54) is 0 Å². The molecule has 0 spiro atoms. The molecular formula is C33H42N6O5S. The van der Waals surface area contributed by atoms with Crippen molar-refractivity contribution in [1.82, 2.24) is 30.3 Å². The number of benzene rings is 1. The summed E-state index contributed by atoms with van der Waals surface area (Å²) < 4.78 is 5.55. The number of aryl methyl sites for hydroxylation is 1. The molecule has 4 amide bonds. The van der Waals surface area contributed by atoms with E-state index in [0.717, 1.165) is 41.3 Å². The van der Waals surface area contributed by atoms with Gasteiger partial charge in [0, 0.05) is 73.9 Å². The Bertz CT molecular complexity index is 1440. The first-order chi connectivity index (χ1) is 21.8. The van der Waals surface area contributed by atoms with Gasteiger partial charge in [0.2, 0.25) is 17.7 Å². The molecule has 2 N–H and O–H groups in total. The number of hydrogen-bond donors (Lipinski definition) is 2. The molecule has 4 fully saturated rings. The Morgan fingerprint density at radius 2 is 1.71 bits per heavy atom. The van der Waals surface area contributed by atoms with Crippen molar-refractivity contribution in [1.29, 1.82) is 0 Å². The second-order valence-corrected chi connectivity index (χ2v) is 14.4. The molecule has 8 rings (SSSR count). The highest BCUT2D eigenvalue weighted by atomic mass is 32.1. The molecule has 12 heteroatoms. The third kappa shape index (κ3) is 6.24. The van der Waals surface area contributed by atoms with Crippen molar-refractivity contribution in [2.24, 2.45) is 0 Å². The first kappa shape index (κ1) is 30.3. The first-order valence-electron chi connectivity index (χ1n) is 16.4. The number of amides is 4. The van der Waals surface area contributed by atoms with Crippen molar-refractivity contribution in [2.45, 2.75) is 88.0 Å². The lowest BCUT2D eigenvalue weighted by Gasteiger charge is -2.36. The van der Waals surface area contributed by atoms with Crippen molar-refractivity contribution < 1.29 is 23.9 Å². The normalized spacial score (nSPS) is 29.6. The number of likely N-dealkylation sites (tertiary alicyclic amines) is 1. The molecule has 0 unspecified atom stereocenters. The zero-order chi connectivity index (χ0) is 31.1. The number of rotatable bonds is 3. The van der Waals surface area contributed by atoms with E-state index in [1.807, 2.05) is 17.9 Å². The van der Waals surface area contributed by atoms with Crippen LogP contribution in [0, 0.1) is 6.92 Å². The Morgan fingerprint density at radius 3 is 2.47 bits per heavy atom. The molecule has 0 aliphatic carbocycles. The van der Waals surface area contributed by atoms with Crippen LogP contribution >= 0.6 is 11.3 Å². The maximum atomic E-state index is 14.6. The standard InChI is InChI=1S/C33H42N6O5S/c1-20-26-17-29(40)35-25-16-28(38(19-25)31(41)22-5-3-2-4-6-22)33(43)39-18-24(34-23-9-13-44-14-10-23)15-27(39)32(42)37-11-7-21(8-12-37)30(36-26)45-20/h2-6,21,23-25,27-28,34H,7-19H2,1H3,(H,35,40)/t24-,25+,27-,28-/m0/s1. The van der Waals surface area contributed by atoms with Crippen LogP contribution in [-0.4, -0.2) is 113 Å². The summed E-state index contributed by atoms with van der Waals surface area (Å²) in [7, 11) is 0. The fraction of sp³-hybridized carbons (Fsp3) is 0.606. The molecular weight excluding hydrogens is 592 g/mol. The van der Waals surface area contributed by atoms with Crippen molar-refractivity contribution in [2.75, 3.05) is 39.4 Å². The van der Waals surface area contributed by atoms with Crippen molar-refractivity contribution >= 4 is 35.0 Å². The molecule has 0 radical (unpaired) electrons. The molecule has 1 aromatic carbocycles. The quantitative estimate of drug-likeness (QED) is 0.528. The van der Waals surface area contributed by atoms with E-state index < -0.39 is 12.1 Å². The molecule has 4 saturated heterocycles. The molecule has 6 aliphatic rings. The van der Waals surface area contributed by atoms with E-state index in [4.69, 9.17) is 9.72 Å². The lowest BCUT2D eigenvalue weighted by atomic mass is 9.96. The monoisotopic (exact) mass is 634 g/mol. The van der Waals surface area contributed by atoms with Gasteiger partial charge in [-0.05, 0) is 57.6 Å². The summed E-state index contributed by atoms with van der Waals surface area (Å²) in [5, 5.41) is 7.87. The number of nitrogens with one attached hydrogen (secondary N) is 2. The highest BCUT2D eigenvalue weighted by molar-refractivity contribution is 7.11. The Labute approximate surface area is 267 Å². The van der Waals surface area contributed by atoms with Gasteiger partial charge in [0.25, 0.3) is 5.91 Å². The van der Waals surface area contributed by atoms with Gasteiger partial charge in [-0.1, -0.05) is 18.2 Å². The largest absolute Gasteiger partial charge is 0.381 e. The number of carbonyl (C=O) groups is 4. The summed E-state index contributed by atoms with van der Waals surface area (Å²) in [4.78, 5) is 67.1. The smallest absolute Gasteiger partial charge is 0.254 e. The number of piperidine rings is 1. The van der Waals surface area contributed by atoms with Gasteiger partial charge in [-0.2, -0.15) is 0 Å². The van der Waals surface area contributed by atoms with Gasteiger partial charge < -0.3 is 30.1 Å². The van der Waals surface area contributed by atoms with E-state index in [0.29, 0.717) is 51.3 Å². The molecule has 7 heterocycles. The Hall–Kier alpha value is -3.35. The summed E-state index contributed by atoms with van der Waals surface area (Å²) in [6.45, 7) is 5.26. The Morgan fingerprint density at radius 1 is 0.956 bits per heavy atom. The molecule has 6 bridgehead atoms. The molecule has 2 aromatic rings. The average Bonchev–Trinajstić information content (AvgIpc) is 3.78. The summed E-state index contributed by atoms with van der Waals surface area (Å²) in [6.07, 6.45) is 4.41. The molecule has 6 aliphatic heterocycles. The third-order valence-corrected chi connectivity index (χ3v) is 11.4. The number of thiazole rings is 1. The van der Waals surface area contributed by atoms with Crippen LogP contribution in [0.4, 0.5) is 0 Å². The maximum Gasteiger partial charge on any atom is 0.254 e. The van der Waals surface area contributed by atoms with Crippen LogP contribution in [0.1, 0.15) is 70.4 Å². The van der Waals surface area contributed by atoms with E-state index in [1.54, 1.807) is 45.4 Å². The zero-order valence-corrected chi connectivity index (χ0v) is 26.6. The number of hydrogen-bond acceptors (Lipinski definition) is 8. The van der Waals surface area contributed by atoms with Gasteiger partial charge in [-0.3, -0.25) is 19.2 Å². The highest BCUT2D eigenvalue weighted by Gasteiger charge is 2.48. The summed E-state index contributed by atoms with van der Waals surface area (Å²) in [5.74, 6) is -0.384. The molecule has 1 aromatic heterocycles. The van der Waals surface area contributed by atoms with E-state index in [9.17, 15) is 19.2 Å². The van der Waals surface area contributed by atoms with Crippen LogP contribution < -0.4 is 10.6 Å². The fourth-order valence-electron chi connectivity index (χ4n) is 7.75. The number of nitrogens with zero attached hydrogens (tertiary/aromatic N) is 4. The lowest BCUT2D eigenvalue weighted by Crippen LogP contribution is -2.54. The molecule has 11 nitrogen and oxygen atoms in total. The summed E-state index contributed by atoms with van der Waals surface area (Å²) in [6, 6.07) is 7.44. The maximum absolute atomic E-state index is 14.6. The van der Waals surface area contributed by atoms with Crippen molar-refractivity contribution in [3.63, 3.8) is 0 Å². The highest BCUT2D eigenvalue weighted by Crippen LogP contribution is 2.35. The minimum absolute atomic E-state index is 0.0119.